The second kappa shape index (κ2) is 5.78. The summed E-state index contributed by atoms with van der Waals surface area (Å²) >= 11 is 0. The predicted molar refractivity (Wildman–Crippen MR) is 105 cm³/mol. The Bertz CT molecular complexity index is 1060. The average Bonchev–Trinajstić information content (AvgIpc) is 3.08. The van der Waals surface area contributed by atoms with Crippen LogP contribution in [-0.2, 0) is 0 Å². The largest absolute Gasteiger partial charge is 0.354 e. The van der Waals surface area contributed by atoms with Crippen molar-refractivity contribution in [2.24, 2.45) is 0 Å². The highest BCUT2D eigenvalue weighted by molar-refractivity contribution is 5.94. The maximum atomic E-state index is 3.70. The van der Waals surface area contributed by atoms with Crippen molar-refractivity contribution in [3.63, 3.8) is 0 Å². The van der Waals surface area contributed by atoms with E-state index in [1.165, 1.54) is 38.9 Å². The minimum absolute atomic E-state index is 0.403. The van der Waals surface area contributed by atoms with Crippen molar-refractivity contribution in [1.82, 2.24) is 4.98 Å². The molecular weight excluding hydrogens is 302 g/mol. The van der Waals surface area contributed by atoms with E-state index in [0.29, 0.717) is 5.92 Å². The zero-order chi connectivity index (χ0) is 16.6. The van der Waals surface area contributed by atoms with Crippen LogP contribution in [0.3, 0.4) is 0 Å². The molecule has 0 radical (unpaired) electrons. The fraction of sp³-hybridized carbons (Fsp3) is 0.0833. The summed E-state index contributed by atoms with van der Waals surface area (Å²) in [5.41, 5.74) is 7.91. The summed E-state index contributed by atoms with van der Waals surface area (Å²) in [5, 5.41) is 1.34. The van der Waals surface area contributed by atoms with E-state index >= 15 is 0 Å². The number of hydrogen-bond donors (Lipinski definition) is 1. The van der Waals surface area contributed by atoms with Crippen molar-refractivity contribution in [2.45, 2.75) is 12.3 Å². The highest BCUT2D eigenvalue weighted by Gasteiger charge is 2.27. The molecule has 1 aromatic heterocycles. The zero-order valence-electron chi connectivity index (χ0n) is 13.9. The predicted octanol–water partition coefficient (Wildman–Crippen LogP) is 6.14. The lowest BCUT2D eigenvalue weighted by Crippen LogP contribution is -2.08. The first kappa shape index (κ1) is 14.3. The molecule has 1 aliphatic rings. The van der Waals surface area contributed by atoms with Crippen molar-refractivity contribution in [3.8, 4) is 0 Å². The van der Waals surface area contributed by atoms with Crippen molar-refractivity contribution in [2.75, 3.05) is 0 Å². The lowest BCUT2D eigenvalue weighted by molar-refractivity contribution is 0.821. The van der Waals surface area contributed by atoms with Gasteiger partial charge in [-0.3, -0.25) is 0 Å². The van der Waals surface area contributed by atoms with Crippen LogP contribution in [0.4, 0.5) is 0 Å². The normalized spacial score (nSPS) is 16.5. The molecule has 0 amide bonds. The lowest BCUT2D eigenvalue weighted by Gasteiger charge is -2.24. The molecule has 1 heterocycles. The second-order valence-corrected chi connectivity index (χ2v) is 6.64. The van der Waals surface area contributed by atoms with Crippen LogP contribution in [0.2, 0.25) is 0 Å². The number of H-pyrrole nitrogens is 1. The summed E-state index contributed by atoms with van der Waals surface area (Å²) in [5.74, 6) is 0.403. The first-order valence-electron chi connectivity index (χ1n) is 8.83. The summed E-state index contributed by atoms with van der Waals surface area (Å²) in [7, 11) is 0. The van der Waals surface area contributed by atoms with E-state index in [2.05, 4.69) is 96.0 Å². The summed E-state index contributed by atoms with van der Waals surface area (Å²) in [6.07, 6.45) is 3.42. The fourth-order valence-electron chi connectivity index (χ4n) is 4.06. The van der Waals surface area contributed by atoms with Crippen LogP contribution in [0.1, 0.15) is 34.7 Å². The maximum Gasteiger partial charge on any atom is 0.0506 e. The highest BCUT2D eigenvalue weighted by atomic mass is 14.7. The smallest absolute Gasteiger partial charge is 0.0506 e. The second-order valence-electron chi connectivity index (χ2n) is 6.64. The molecule has 0 bridgehead atoms. The Balaban J connectivity index is 1.76. The first-order valence-corrected chi connectivity index (χ1v) is 8.83. The number of hydrogen-bond acceptors (Lipinski definition) is 0. The summed E-state index contributed by atoms with van der Waals surface area (Å²) < 4.78 is 0. The number of para-hydroxylation sites is 1. The van der Waals surface area contributed by atoms with Gasteiger partial charge < -0.3 is 4.98 Å². The molecule has 1 nitrogen and oxygen atoms in total. The molecule has 0 saturated carbocycles. The summed E-state index contributed by atoms with van der Waals surface area (Å²) in [6, 6.07) is 30.2. The van der Waals surface area contributed by atoms with Crippen LogP contribution in [0.25, 0.3) is 16.5 Å². The Morgan fingerprint density at radius 1 is 0.720 bits per heavy atom. The minimum Gasteiger partial charge on any atom is -0.354 e. The van der Waals surface area contributed by atoms with Gasteiger partial charge in [-0.15, -0.1) is 0 Å². The molecule has 0 spiro atoms. The molecular formula is C24H19N. The third-order valence-electron chi connectivity index (χ3n) is 5.21. The topological polar surface area (TPSA) is 15.8 Å². The van der Waals surface area contributed by atoms with Crippen LogP contribution in [-0.4, -0.2) is 4.98 Å². The van der Waals surface area contributed by atoms with Crippen LogP contribution < -0.4 is 0 Å². The molecule has 4 aromatic rings. The Morgan fingerprint density at radius 2 is 1.40 bits per heavy atom. The van der Waals surface area contributed by atoms with Gasteiger partial charge in [-0.1, -0.05) is 84.9 Å². The zero-order valence-corrected chi connectivity index (χ0v) is 13.9. The summed E-state index contributed by atoms with van der Waals surface area (Å²) in [4.78, 5) is 3.70. The van der Waals surface area contributed by atoms with Gasteiger partial charge >= 0.3 is 0 Å². The Morgan fingerprint density at radius 3 is 2.20 bits per heavy atom. The van der Waals surface area contributed by atoms with Gasteiger partial charge in [0.05, 0.1) is 5.69 Å². The Labute approximate surface area is 147 Å². The van der Waals surface area contributed by atoms with Gasteiger partial charge in [0.25, 0.3) is 0 Å². The number of benzene rings is 3. The quantitative estimate of drug-likeness (QED) is 0.457. The molecule has 1 atom stereocenters. The number of aromatic nitrogens is 1. The molecule has 3 aromatic carbocycles. The molecule has 1 N–H and O–H groups in total. The lowest BCUT2D eigenvalue weighted by atomic mass is 9.80. The molecule has 0 aliphatic heterocycles. The van der Waals surface area contributed by atoms with Gasteiger partial charge in [0.2, 0.25) is 0 Å². The van der Waals surface area contributed by atoms with E-state index in [0.717, 1.165) is 6.42 Å². The molecule has 5 rings (SSSR count). The molecule has 0 saturated heterocycles. The van der Waals surface area contributed by atoms with Crippen molar-refractivity contribution in [3.05, 3.63) is 113 Å². The van der Waals surface area contributed by atoms with Crippen LogP contribution in [0, 0.1) is 0 Å². The van der Waals surface area contributed by atoms with Gasteiger partial charge in [-0.2, -0.15) is 0 Å². The van der Waals surface area contributed by atoms with Gasteiger partial charge in [0.15, 0.2) is 0 Å². The van der Waals surface area contributed by atoms with E-state index < -0.39 is 0 Å². The van der Waals surface area contributed by atoms with E-state index in [1.807, 2.05) is 0 Å². The molecule has 1 aliphatic carbocycles. The van der Waals surface area contributed by atoms with Crippen LogP contribution in [0.5, 0.6) is 0 Å². The highest BCUT2D eigenvalue weighted by Crippen LogP contribution is 2.44. The van der Waals surface area contributed by atoms with E-state index in [1.54, 1.807) is 0 Å². The van der Waals surface area contributed by atoms with Crippen LogP contribution in [0.15, 0.2) is 91.0 Å². The molecule has 1 unspecified atom stereocenters. The summed E-state index contributed by atoms with van der Waals surface area (Å²) in [6.45, 7) is 0. The van der Waals surface area contributed by atoms with Crippen molar-refractivity contribution in [1.29, 1.82) is 0 Å². The minimum atomic E-state index is 0.403. The number of fused-ring (bicyclic) bond motifs is 3. The first-order chi connectivity index (χ1) is 12.4. The maximum absolute atomic E-state index is 3.70. The molecule has 1 heteroatoms. The average molecular weight is 321 g/mol. The Hall–Kier alpha value is -3.06. The van der Waals surface area contributed by atoms with E-state index in [9.17, 15) is 0 Å². The van der Waals surface area contributed by atoms with Gasteiger partial charge in [0.1, 0.15) is 0 Å². The number of allylic oxidation sites excluding steroid dienone is 1. The Kier molecular flexibility index (Phi) is 3.31. The van der Waals surface area contributed by atoms with Gasteiger partial charge in [-0.05, 0) is 29.2 Å². The molecule has 120 valence electrons. The number of rotatable bonds is 2. The standard InChI is InChI=1S/C24H19N/c1-3-9-17(10-4-1)19-15-16-20(18-11-5-2-6-12-18)24-23(19)21-13-7-8-14-22(21)25-24/h1-14,16,19,25H,15H2. The van der Waals surface area contributed by atoms with Gasteiger partial charge in [0, 0.05) is 22.4 Å². The molecule has 25 heavy (non-hydrogen) atoms. The van der Waals surface area contributed by atoms with E-state index in [4.69, 9.17) is 0 Å². The fourth-order valence-corrected chi connectivity index (χ4v) is 4.06. The van der Waals surface area contributed by atoms with Crippen molar-refractivity contribution < 1.29 is 0 Å². The SMILES string of the molecule is C1=C(c2ccccc2)c2[nH]c3ccccc3c2C(c2ccccc2)C1. The number of aromatic amines is 1. The monoisotopic (exact) mass is 321 g/mol. The van der Waals surface area contributed by atoms with Crippen LogP contribution >= 0.6 is 0 Å². The van der Waals surface area contributed by atoms with E-state index in [-0.39, 0.29) is 0 Å². The van der Waals surface area contributed by atoms with Crippen molar-refractivity contribution >= 4 is 16.5 Å². The van der Waals surface area contributed by atoms with Gasteiger partial charge in [-0.25, -0.2) is 0 Å². The third kappa shape index (κ3) is 2.32. The number of nitrogens with one attached hydrogen (secondary N) is 1. The third-order valence-corrected chi connectivity index (χ3v) is 5.21. The molecule has 0 fully saturated rings.